The summed E-state index contributed by atoms with van der Waals surface area (Å²) < 4.78 is 0. The zero-order chi connectivity index (χ0) is 21.3. The highest BCUT2D eigenvalue weighted by molar-refractivity contribution is 5.97. The van der Waals surface area contributed by atoms with Crippen LogP contribution in [0.25, 0.3) is 10.9 Å². The molecule has 152 valence electrons. The Balaban J connectivity index is 1.92. The summed E-state index contributed by atoms with van der Waals surface area (Å²) in [6, 6.07) is 13.9. The number of nitro groups is 1. The highest BCUT2D eigenvalue weighted by Gasteiger charge is 2.30. The predicted molar refractivity (Wildman–Crippen MR) is 117 cm³/mol. The number of nitrogens with zero attached hydrogens (tertiary/aromatic N) is 4. The molecule has 1 aliphatic carbocycles. The molecule has 1 heterocycles. The molecule has 1 aliphatic rings. The average molecular weight is 400 g/mol. The first kappa shape index (κ1) is 19.8. The minimum Gasteiger partial charge on any atom is -0.358 e. The van der Waals surface area contributed by atoms with Crippen molar-refractivity contribution in [3.05, 3.63) is 75.0 Å². The van der Waals surface area contributed by atoms with E-state index in [2.05, 4.69) is 48.0 Å². The van der Waals surface area contributed by atoms with Gasteiger partial charge in [-0.1, -0.05) is 31.0 Å². The minimum atomic E-state index is -0.358. The van der Waals surface area contributed by atoms with Crippen LogP contribution in [0.2, 0.25) is 0 Å². The third kappa shape index (κ3) is 3.71. The molecule has 1 saturated carbocycles. The Bertz CT molecular complexity index is 1160. The van der Waals surface area contributed by atoms with E-state index in [9.17, 15) is 15.4 Å². The fraction of sp³-hybridized carbons (Fsp3) is 0.333. The molecule has 0 unspecified atom stereocenters. The van der Waals surface area contributed by atoms with E-state index in [0.29, 0.717) is 28.7 Å². The summed E-state index contributed by atoms with van der Waals surface area (Å²) in [7, 11) is 0. The number of aryl methyl sites for hydroxylation is 2. The first-order chi connectivity index (χ1) is 14.5. The molecule has 1 aromatic heterocycles. The third-order valence-corrected chi connectivity index (χ3v) is 6.12. The second-order valence-electron chi connectivity index (χ2n) is 8.08. The van der Waals surface area contributed by atoms with Crippen LogP contribution in [0.1, 0.15) is 47.9 Å². The lowest BCUT2D eigenvalue weighted by atomic mass is 10.0. The summed E-state index contributed by atoms with van der Waals surface area (Å²) in [5.41, 5.74) is 5.27. The van der Waals surface area contributed by atoms with Crippen LogP contribution in [-0.4, -0.2) is 15.9 Å². The predicted octanol–water partition coefficient (Wildman–Crippen LogP) is 5.58. The van der Waals surface area contributed by atoms with Gasteiger partial charge >= 0.3 is 5.69 Å². The van der Waals surface area contributed by atoms with E-state index in [4.69, 9.17) is 0 Å². The van der Waals surface area contributed by atoms with Crippen LogP contribution in [0.15, 0.2) is 42.6 Å². The molecule has 3 aromatic rings. The van der Waals surface area contributed by atoms with Crippen molar-refractivity contribution in [2.75, 3.05) is 4.90 Å². The van der Waals surface area contributed by atoms with E-state index >= 15 is 0 Å². The molecule has 0 spiro atoms. The van der Waals surface area contributed by atoms with E-state index in [1.165, 1.54) is 17.3 Å². The van der Waals surface area contributed by atoms with Crippen molar-refractivity contribution in [3.8, 4) is 6.07 Å². The number of nitriles is 1. The van der Waals surface area contributed by atoms with Crippen LogP contribution >= 0.6 is 0 Å². The van der Waals surface area contributed by atoms with Crippen molar-refractivity contribution in [1.82, 2.24) is 4.98 Å². The summed E-state index contributed by atoms with van der Waals surface area (Å²) in [5, 5.41) is 22.0. The molecule has 30 heavy (non-hydrogen) atoms. The first-order valence-electron chi connectivity index (χ1n) is 10.3. The number of rotatable bonds is 5. The largest absolute Gasteiger partial charge is 0.358 e. The van der Waals surface area contributed by atoms with Crippen molar-refractivity contribution in [3.63, 3.8) is 0 Å². The Kier molecular flexibility index (Phi) is 5.37. The average Bonchev–Trinajstić information content (AvgIpc) is 3.28. The topological polar surface area (TPSA) is 83.1 Å². The van der Waals surface area contributed by atoms with Crippen LogP contribution in [0, 0.1) is 35.3 Å². The van der Waals surface area contributed by atoms with Crippen molar-refractivity contribution in [2.24, 2.45) is 0 Å². The van der Waals surface area contributed by atoms with Gasteiger partial charge in [0.25, 0.3) is 0 Å². The number of benzene rings is 2. The highest BCUT2D eigenvalue weighted by Crippen LogP contribution is 2.40. The maximum absolute atomic E-state index is 12.0. The quantitative estimate of drug-likeness (QED) is 0.412. The van der Waals surface area contributed by atoms with Gasteiger partial charge in [-0.25, -0.2) is 4.98 Å². The number of hydrogen-bond donors (Lipinski definition) is 0. The molecule has 1 fully saturated rings. The van der Waals surface area contributed by atoms with Gasteiger partial charge in [0, 0.05) is 18.0 Å². The first-order valence-corrected chi connectivity index (χ1v) is 10.3. The number of fused-ring (bicyclic) bond motifs is 1. The number of pyridine rings is 1. The number of aromatic nitrogens is 1. The maximum atomic E-state index is 12.0. The van der Waals surface area contributed by atoms with Crippen molar-refractivity contribution in [1.29, 1.82) is 5.26 Å². The van der Waals surface area contributed by atoms with E-state index in [1.54, 1.807) is 18.2 Å². The van der Waals surface area contributed by atoms with Gasteiger partial charge in [-0.2, -0.15) is 5.26 Å². The van der Waals surface area contributed by atoms with Gasteiger partial charge in [0.15, 0.2) is 0 Å². The lowest BCUT2D eigenvalue weighted by Crippen LogP contribution is -2.33. The van der Waals surface area contributed by atoms with Gasteiger partial charge in [-0.3, -0.25) is 10.1 Å². The van der Waals surface area contributed by atoms with E-state index < -0.39 is 0 Å². The standard InChI is InChI=1S/C24H24N4O2/c1-16-7-8-19(11-17(16)2)15-27(20-5-3-4-6-20)24-21-12-18(13-25)9-10-22(21)26-14-23(24)28(29)30/h7-12,14,20H,3-6,15H2,1-2H3. The Morgan fingerprint density at radius 2 is 1.93 bits per heavy atom. The van der Waals surface area contributed by atoms with Crippen molar-refractivity contribution < 1.29 is 4.92 Å². The normalized spacial score (nSPS) is 14.0. The maximum Gasteiger partial charge on any atom is 0.311 e. The molecule has 0 radical (unpaired) electrons. The monoisotopic (exact) mass is 400 g/mol. The van der Waals surface area contributed by atoms with Crippen LogP contribution in [0.4, 0.5) is 11.4 Å². The van der Waals surface area contributed by atoms with Gasteiger partial charge in [0.1, 0.15) is 11.9 Å². The van der Waals surface area contributed by atoms with E-state index in [0.717, 1.165) is 31.2 Å². The van der Waals surface area contributed by atoms with Crippen molar-refractivity contribution >= 4 is 22.3 Å². The summed E-state index contributed by atoms with van der Waals surface area (Å²) in [6.45, 7) is 4.75. The third-order valence-electron chi connectivity index (χ3n) is 6.12. The smallest absolute Gasteiger partial charge is 0.311 e. The second-order valence-corrected chi connectivity index (χ2v) is 8.08. The number of hydrogen-bond acceptors (Lipinski definition) is 5. The SMILES string of the molecule is Cc1ccc(CN(c2c([N+](=O)[O-])cnc3ccc(C#N)cc23)C2CCCC2)cc1C. The molecule has 0 saturated heterocycles. The van der Waals surface area contributed by atoms with Gasteiger partial charge in [0.05, 0.1) is 22.1 Å². The van der Waals surface area contributed by atoms with Gasteiger partial charge in [0.2, 0.25) is 0 Å². The Morgan fingerprint density at radius 1 is 1.17 bits per heavy atom. The van der Waals surface area contributed by atoms with Gasteiger partial charge in [-0.15, -0.1) is 0 Å². The Hall–Kier alpha value is -3.46. The molecule has 2 aromatic carbocycles. The fourth-order valence-corrected chi connectivity index (χ4v) is 4.38. The van der Waals surface area contributed by atoms with Gasteiger partial charge < -0.3 is 4.90 Å². The second kappa shape index (κ2) is 8.11. The molecular weight excluding hydrogens is 376 g/mol. The Labute approximate surface area is 175 Å². The Morgan fingerprint density at radius 3 is 2.60 bits per heavy atom. The fourth-order valence-electron chi connectivity index (χ4n) is 4.38. The highest BCUT2D eigenvalue weighted by atomic mass is 16.6. The summed E-state index contributed by atoms with van der Waals surface area (Å²) in [6.07, 6.45) is 5.60. The van der Waals surface area contributed by atoms with Crippen LogP contribution in [0.5, 0.6) is 0 Å². The summed E-state index contributed by atoms with van der Waals surface area (Å²) >= 11 is 0. The van der Waals surface area contributed by atoms with E-state index in [-0.39, 0.29) is 16.7 Å². The molecular formula is C24H24N4O2. The van der Waals surface area contributed by atoms with Crippen LogP contribution in [0.3, 0.4) is 0 Å². The summed E-state index contributed by atoms with van der Waals surface area (Å²) in [5.74, 6) is 0. The zero-order valence-corrected chi connectivity index (χ0v) is 17.3. The molecule has 4 rings (SSSR count). The molecule has 0 amide bonds. The molecule has 0 N–H and O–H groups in total. The molecule has 0 atom stereocenters. The van der Waals surface area contributed by atoms with Gasteiger partial charge in [-0.05, 0) is 61.6 Å². The molecule has 6 nitrogen and oxygen atoms in total. The molecule has 0 aliphatic heterocycles. The lowest BCUT2D eigenvalue weighted by molar-refractivity contribution is -0.384. The van der Waals surface area contributed by atoms with Crippen LogP contribution in [-0.2, 0) is 6.54 Å². The van der Waals surface area contributed by atoms with E-state index in [1.807, 2.05) is 0 Å². The molecule has 6 heteroatoms. The number of anilines is 1. The van der Waals surface area contributed by atoms with Crippen molar-refractivity contribution in [2.45, 2.75) is 52.1 Å². The van der Waals surface area contributed by atoms with Crippen LogP contribution < -0.4 is 4.90 Å². The minimum absolute atomic E-state index is 0.00618. The lowest BCUT2D eigenvalue weighted by Gasteiger charge is -2.32. The molecule has 0 bridgehead atoms. The summed E-state index contributed by atoms with van der Waals surface area (Å²) in [4.78, 5) is 18.1. The zero-order valence-electron chi connectivity index (χ0n) is 17.3.